The Bertz CT molecular complexity index is 923. The van der Waals surface area contributed by atoms with Crippen molar-refractivity contribution in [3.8, 4) is 5.75 Å². The zero-order valence-corrected chi connectivity index (χ0v) is 18.7. The van der Waals surface area contributed by atoms with Gasteiger partial charge in [0.05, 0.1) is 6.61 Å². The van der Waals surface area contributed by atoms with Crippen LogP contribution in [0.15, 0.2) is 66.7 Å². The van der Waals surface area contributed by atoms with E-state index in [1.54, 1.807) is 0 Å². The molecule has 154 valence electrons. The van der Waals surface area contributed by atoms with E-state index in [9.17, 15) is 5.11 Å². The average Bonchev–Trinajstić information content (AvgIpc) is 2.75. The molecule has 0 bridgehead atoms. The van der Waals surface area contributed by atoms with E-state index in [1.807, 2.05) is 36.4 Å². The molecule has 0 aliphatic rings. The lowest BCUT2D eigenvalue weighted by Gasteiger charge is -2.24. The van der Waals surface area contributed by atoms with Gasteiger partial charge in [-0.3, -0.25) is 0 Å². The molecule has 1 unspecified atom stereocenters. The largest absolute Gasteiger partial charge is 0.489 e. The molecule has 0 heterocycles. The maximum absolute atomic E-state index is 10.6. The van der Waals surface area contributed by atoms with Crippen LogP contribution >= 0.6 is 0 Å². The number of fused-ring (bicyclic) bond motifs is 1. The second-order valence-corrected chi connectivity index (χ2v) is 12.5. The van der Waals surface area contributed by atoms with E-state index < -0.39 is 14.4 Å². The Morgan fingerprint density at radius 1 is 0.931 bits per heavy atom. The molecular weight excluding hydrogens is 376 g/mol. The summed E-state index contributed by atoms with van der Waals surface area (Å²) in [6.07, 6.45) is 1.74. The molecule has 0 aliphatic carbocycles. The Hall–Kier alpha value is -2.14. The van der Waals surface area contributed by atoms with Crippen LogP contribution in [0.25, 0.3) is 10.8 Å². The Morgan fingerprint density at radius 2 is 1.72 bits per heavy atom. The Balaban J connectivity index is 1.58. The van der Waals surface area contributed by atoms with E-state index >= 15 is 0 Å². The van der Waals surface area contributed by atoms with Gasteiger partial charge in [-0.2, -0.15) is 0 Å². The van der Waals surface area contributed by atoms with E-state index in [1.165, 1.54) is 23.6 Å². The Labute approximate surface area is 175 Å². The van der Waals surface area contributed by atoms with Gasteiger partial charge >= 0.3 is 0 Å². The monoisotopic (exact) mass is 408 g/mol. The van der Waals surface area contributed by atoms with E-state index in [-0.39, 0.29) is 0 Å². The van der Waals surface area contributed by atoms with Crippen LogP contribution in [0.5, 0.6) is 5.75 Å². The Morgan fingerprint density at radius 3 is 2.52 bits per heavy atom. The van der Waals surface area contributed by atoms with Crippen molar-refractivity contribution in [2.75, 3.05) is 6.61 Å². The first-order valence-corrected chi connectivity index (χ1v) is 13.6. The summed E-state index contributed by atoms with van der Waals surface area (Å²) < 4.78 is 12.1. The molecule has 3 aromatic carbocycles. The minimum atomic E-state index is -1.71. The van der Waals surface area contributed by atoms with Gasteiger partial charge in [-0.15, -0.1) is 0 Å². The normalized spacial score (nSPS) is 12.8. The SMILES string of the molecule is CCCC[Si](C)(C)OCC(O)c1cccc(OCc2ccc3ccccc3c2)c1. The van der Waals surface area contributed by atoms with Crippen LogP contribution in [0.1, 0.15) is 37.0 Å². The molecule has 0 spiro atoms. The molecule has 1 atom stereocenters. The lowest BCUT2D eigenvalue weighted by Crippen LogP contribution is -2.32. The Kier molecular flexibility index (Phi) is 7.48. The van der Waals surface area contributed by atoms with Crippen LogP contribution in [-0.4, -0.2) is 20.0 Å². The molecule has 3 rings (SSSR count). The maximum atomic E-state index is 10.6. The highest BCUT2D eigenvalue weighted by atomic mass is 28.4. The quantitative estimate of drug-likeness (QED) is 0.391. The highest BCUT2D eigenvalue weighted by Crippen LogP contribution is 2.24. The molecule has 0 amide bonds. The number of unbranched alkanes of at least 4 members (excludes halogenated alkanes) is 1. The maximum Gasteiger partial charge on any atom is 0.186 e. The summed E-state index contributed by atoms with van der Waals surface area (Å²) in [6.45, 7) is 7.48. The van der Waals surface area contributed by atoms with Crippen molar-refractivity contribution < 1.29 is 14.3 Å². The molecule has 3 nitrogen and oxygen atoms in total. The predicted molar refractivity (Wildman–Crippen MR) is 123 cm³/mol. The summed E-state index contributed by atoms with van der Waals surface area (Å²) in [6, 6.07) is 23.5. The molecule has 29 heavy (non-hydrogen) atoms. The molecule has 4 heteroatoms. The van der Waals surface area contributed by atoms with Crippen LogP contribution < -0.4 is 4.74 Å². The molecule has 0 saturated carbocycles. The van der Waals surface area contributed by atoms with Gasteiger partial charge < -0.3 is 14.3 Å². The van der Waals surface area contributed by atoms with E-state index in [4.69, 9.17) is 9.16 Å². The third-order valence-corrected chi connectivity index (χ3v) is 7.73. The number of benzene rings is 3. The van der Waals surface area contributed by atoms with Gasteiger partial charge in [0.1, 0.15) is 18.5 Å². The van der Waals surface area contributed by atoms with Gasteiger partial charge in [-0.1, -0.05) is 68.3 Å². The number of rotatable bonds is 10. The van der Waals surface area contributed by atoms with Gasteiger partial charge in [0.25, 0.3) is 0 Å². The van der Waals surface area contributed by atoms with E-state index in [0.717, 1.165) is 22.9 Å². The minimum absolute atomic E-state index is 0.344. The lowest BCUT2D eigenvalue weighted by atomic mass is 10.1. The van der Waals surface area contributed by atoms with Gasteiger partial charge in [-0.25, -0.2) is 0 Å². The van der Waals surface area contributed by atoms with Gasteiger partial charge in [0.15, 0.2) is 8.32 Å². The average molecular weight is 409 g/mol. The fourth-order valence-electron chi connectivity index (χ4n) is 3.38. The third-order valence-electron chi connectivity index (χ3n) is 5.23. The van der Waals surface area contributed by atoms with E-state index in [2.05, 4.69) is 50.3 Å². The van der Waals surface area contributed by atoms with Crippen LogP contribution in [-0.2, 0) is 11.0 Å². The standard InChI is InChI=1S/C25H32O3Si/c1-4-5-15-29(2,3)28-19-25(26)23-11-8-12-24(17-23)27-18-20-13-14-21-9-6-7-10-22(21)16-20/h6-14,16-17,25-26H,4-5,15,18-19H2,1-3H3. The van der Waals surface area contributed by atoms with Crippen molar-refractivity contribution in [3.05, 3.63) is 77.9 Å². The molecule has 0 radical (unpaired) electrons. The number of ether oxygens (including phenoxy) is 1. The summed E-state index contributed by atoms with van der Waals surface area (Å²) in [4.78, 5) is 0. The van der Waals surface area contributed by atoms with Crippen LogP contribution in [0.3, 0.4) is 0 Å². The van der Waals surface area contributed by atoms with Crippen molar-refractivity contribution >= 4 is 19.1 Å². The molecule has 0 aliphatic heterocycles. The molecule has 0 fully saturated rings. The summed E-state index contributed by atoms with van der Waals surface area (Å²) in [5, 5.41) is 13.0. The number of hydrogen-bond donors (Lipinski definition) is 1. The smallest absolute Gasteiger partial charge is 0.186 e. The number of aliphatic hydroxyl groups is 1. The summed E-state index contributed by atoms with van der Waals surface area (Å²) in [5.74, 6) is 0.761. The van der Waals surface area contributed by atoms with Crippen molar-refractivity contribution in [2.45, 2.75) is 51.6 Å². The molecule has 1 N–H and O–H groups in total. The van der Waals surface area contributed by atoms with Crippen LogP contribution in [0.4, 0.5) is 0 Å². The topological polar surface area (TPSA) is 38.7 Å². The third kappa shape index (κ3) is 6.43. The molecular formula is C25H32O3Si. The number of hydrogen-bond acceptors (Lipinski definition) is 3. The van der Waals surface area contributed by atoms with Gasteiger partial charge in [0, 0.05) is 0 Å². The van der Waals surface area contributed by atoms with E-state index in [0.29, 0.717) is 13.2 Å². The predicted octanol–water partition coefficient (Wildman–Crippen LogP) is 6.47. The van der Waals surface area contributed by atoms with Crippen molar-refractivity contribution in [1.82, 2.24) is 0 Å². The van der Waals surface area contributed by atoms with Gasteiger partial charge in [-0.05, 0) is 59.2 Å². The first kappa shape index (κ1) is 21.6. The van der Waals surface area contributed by atoms with Crippen molar-refractivity contribution in [1.29, 1.82) is 0 Å². The summed E-state index contributed by atoms with van der Waals surface area (Å²) >= 11 is 0. The first-order valence-electron chi connectivity index (χ1n) is 10.5. The lowest BCUT2D eigenvalue weighted by molar-refractivity contribution is 0.103. The van der Waals surface area contributed by atoms with Crippen LogP contribution in [0, 0.1) is 0 Å². The fraction of sp³-hybridized carbons (Fsp3) is 0.360. The molecule has 3 aromatic rings. The highest BCUT2D eigenvalue weighted by Gasteiger charge is 2.23. The van der Waals surface area contributed by atoms with Crippen molar-refractivity contribution in [2.24, 2.45) is 0 Å². The first-order chi connectivity index (χ1) is 14.0. The second-order valence-electron chi connectivity index (χ2n) is 8.23. The number of aliphatic hydroxyl groups excluding tert-OH is 1. The van der Waals surface area contributed by atoms with Crippen LogP contribution in [0.2, 0.25) is 19.1 Å². The summed E-state index contributed by atoms with van der Waals surface area (Å²) in [5.41, 5.74) is 1.96. The fourth-order valence-corrected chi connectivity index (χ4v) is 5.34. The minimum Gasteiger partial charge on any atom is -0.489 e. The zero-order valence-electron chi connectivity index (χ0n) is 17.7. The zero-order chi connectivity index (χ0) is 20.7. The molecule has 0 saturated heterocycles. The molecule has 0 aromatic heterocycles. The highest BCUT2D eigenvalue weighted by molar-refractivity contribution is 6.71. The van der Waals surface area contributed by atoms with Crippen molar-refractivity contribution in [3.63, 3.8) is 0 Å². The second kappa shape index (κ2) is 10.1. The van der Waals surface area contributed by atoms with Gasteiger partial charge in [0.2, 0.25) is 0 Å². The summed E-state index contributed by atoms with van der Waals surface area (Å²) in [7, 11) is -1.71.